The first-order valence-electron chi connectivity index (χ1n) is 10.9. The Balaban J connectivity index is 1.49. The van der Waals surface area contributed by atoms with Gasteiger partial charge in [0.25, 0.3) is 17.1 Å². The molecule has 1 aliphatic heterocycles. The molecule has 3 amide bonds. The zero-order valence-electron chi connectivity index (χ0n) is 19.7. The van der Waals surface area contributed by atoms with Gasteiger partial charge >= 0.3 is 0 Å². The third-order valence-electron chi connectivity index (χ3n) is 5.10. The molecular weight excluding hydrogens is 472 g/mol. The number of hydrogen-bond acceptors (Lipinski definition) is 8. The Labute approximate surface area is 207 Å². The monoisotopic (exact) mass is 498 g/mol. The number of amides is 3. The van der Waals surface area contributed by atoms with Crippen LogP contribution in [0.2, 0.25) is 0 Å². The third-order valence-corrected chi connectivity index (χ3v) is 6.01. The van der Waals surface area contributed by atoms with Crippen LogP contribution in [-0.2, 0) is 9.59 Å². The molecule has 1 heterocycles. The van der Waals surface area contributed by atoms with Gasteiger partial charge in [0, 0.05) is 25.1 Å². The quantitative estimate of drug-likeness (QED) is 0.370. The Kier molecular flexibility index (Phi) is 8.91. The molecule has 0 saturated carbocycles. The highest BCUT2D eigenvalue weighted by Gasteiger charge is 2.34. The first kappa shape index (κ1) is 25.8. The topological polar surface area (TPSA) is 111 Å². The maximum atomic E-state index is 12.7. The SMILES string of the molecule is CCC(=O)c1ccc(OCC(=O)NCCN2C(=O)SC(=Cc3ccc(OC)c(OC)c3)C2=O)cc1. The molecule has 1 saturated heterocycles. The summed E-state index contributed by atoms with van der Waals surface area (Å²) in [5.74, 6) is 0.727. The summed E-state index contributed by atoms with van der Waals surface area (Å²) in [5, 5.41) is 2.22. The van der Waals surface area contributed by atoms with Gasteiger partial charge in [-0.15, -0.1) is 0 Å². The second-order valence-electron chi connectivity index (χ2n) is 7.39. The molecule has 2 aromatic carbocycles. The minimum Gasteiger partial charge on any atom is -0.493 e. The van der Waals surface area contributed by atoms with Crippen LogP contribution < -0.4 is 19.5 Å². The van der Waals surface area contributed by atoms with Gasteiger partial charge in [-0.1, -0.05) is 13.0 Å². The van der Waals surface area contributed by atoms with E-state index >= 15 is 0 Å². The fraction of sp³-hybridized carbons (Fsp3) is 0.280. The molecule has 0 radical (unpaired) electrons. The Morgan fingerprint density at radius 1 is 1.03 bits per heavy atom. The van der Waals surface area contributed by atoms with Gasteiger partial charge in [0.1, 0.15) is 5.75 Å². The number of imide groups is 1. The lowest BCUT2D eigenvalue weighted by Crippen LogP contribution is -2.38. The van der Waals surface area contributed by atoms with Crippen LogP contribution in [0.4, 0.5) is 4.79 Å². The molecule has 184 valence electrons. The van der Waals surface area contributed by atoms with Crippen LogP contribution in [0.3, 0.4) is 0 Å². The lowest BCUT2D eigenvalue weighted by atomic mass is 10.1. The molecule has 2 aromatic rings. The summed E-state index contributed by atoms with van der Waals surface area (Å²) in [4.78, 5) is 50.1. The van der Waals surface area contributed by atoms with Crippen LogP contribution in [0.25, 0.3) is 6.08 Å². The predicted molar refractivity (Wildman–Crippen MR) is 132 cm³/mol. The summed E-state index contributed by atoms with van der Waals surface area (Å²) in [6.07, 6.45) is 2.02. The van der Waals surface area contributed by atoms with Crippen molar-refractivity contribution in [2.75, 3.05) is 33.9 Å². The molecular formula is C25H26N2O7S. The molecule has 0 atom stereocenters. The van der Waals surface area contributed by atoms with Crippen LogP contribution in [0.5, 0.6) is 17.2 Å². The number of Topliss-reactive ketones (excluding diaryl/α,β-unsaturated/α-hetero) is 1. The van der Waals surface area contributed by atoms with Crippen LogP contribution in [-0.4, -0.2) is 61.7 Å². The van der Waals surface area contributed by atoms with Crippen LogP contribution in [0.1, 0.15) is 29.3 Å². The normalized spacial score (nSPS) is 14.3. The minimum atomic E-state index is -0.429. The largest absolute Gasteiger partial charge is 0.493 e. The molecule has 0 aliphatic carbocycles. The summed E-state index contributed by atoms with van der Waals surface area (Å²) in [7, 11) is 3.04. The van der Waals surface area contributed by atoms with E-state index < -0.39 is 17.1 Å². The average molecular weight is 499 g/mol. The number of thioether (sulfide) groups is 1. The predicted octanol–water partition coefficient (Wildman–Crippen LogP) is 3.53. The van der Waals surface area contributed by atoms with Crippen molar-refractivity contribution >= 4 is 40.7 Å². The zero-order chi connectivity index (χ0) is 25.4. The molecule has 0 unspecified atom stereocenters. The highest BCUT2D eigenvalue weighted by atomic mass is 32.2. The van der Waals surface area contributed by atoms with Crippen molar-refractivity contribution in [3.8, 4) is 17.2 Å². The number of hydrogen-bond donors (Lipinski definition) is 1. The van der Waals surface area contributed by atoms with E-state index in [-0.39, 0.29) is 30.4 Å². The van der Waals surface area contributed by atoms with Crippen molar-refractivity contribution in [2.45, 2.75) is 13.3 Å². The van der Waals surface area contributed by atoms with Gasteiger partial charge in [-0.05, 0) is 59.8 Å². The summed E-state index contributed by atoms with van der Waals surface area (Å²) in [6.45, 7) is 1.68. The van der Waals surface area contributed by atoms with Crippen LogP contribution >= 0.6 is 11.8 Å². The smallest absolute Gasteiger partial charge is 0.293 e. The van der Waals surface area contributed by atoms with Crippen molar-refractivity contribution < 1.29 is 33.4 Å². The maximum absolute atomic E-state index is 12.7. The third kappa shape index (κ3) is 6.63. The first-order chi connectivity index (χ1) is 16.9. The molecule has 1 fully saturated rings. The van der Waals surface area contributed by atoms with E-state index in [4.69, 9.17) is 14.2 Å². The van der Waals surface area contributed by atoms with E-state index in [0.717, 1.165) is 16.7 Å². The van der Waals surface area contributed by atoms with E-state index in [1.807, 2.05) is 0 Å². The number of ketones is 1. The minimum absolute atomic E-state index is 0.0280. The zero-order valence-corrected chi connectivity index (χ0v) is 20.5. The van der Waals surface area contributed by atoms with Crippen LogP contribution in [0, 0.1) is 0 Å². The molecule has 1 aliphatic rings. The van der Waals surface area contributed by atoms with Crippen molar-refractivity contribution in [3.63, 3.8) is 0 Å². The number of methoxy groups -OCH3 is 2. The molecule has 0 bridgehead atoms. The van der Waals surface area contributed by atoms with Gasteiger partial charge in [-0.2, -0.15) is 0 Å². The molecule has 35 heavy (non-hydrogen) atoms. The number of benzene rings is 2. The summed E-state index contributed by atoms with van der Waals surface area (Å²) in [6, 6.07) is 11.7. The van der Waals surface area contributed by atoms with Gasteiger partial charge in [-0.25, -0.2) is 0 Å². The highest BCUT2D eigenvalue weighted by Crippen LogP contribution is 2.34. The molecule has 9 nitrogen and oxygen atoms in total. The number of carbonyl (C=O) groups excluding carboxylic acids is 4. The lowest BCUT2D eigenvalue weighted by molar-refractivity contribution is -0.125. The van der Waals surface area contributed by atoms with Gasteiger partial charge < -0.3 is 19.5 Å². The second kappa shape index (κ2) is 12.1. The van der Waals surface area contributed by atoms with Crippen molar-refractivity contribution in [2.24, 2.45) is 0 Å². The Bertz CT molecular complexity index is 1150. The first-order valence-corrected chi connectivity index (χ1v) is 11.7. The summed E-state index contributed by atoms with van der Waals surface area (Å²) < 4.78 is 15.9. The molecule has 1 N–H and O–H groups in total. The van der Waals surface area contributed by atoms with Gasteiger partial charge in [0.05, 0.1) is 19.1 Å². The van der Waals surface area contributed by atoms with E-state index in [0.29, 0.717) is 34.8 Å². The Hall–Kier alpha value is -3.79. The molecule has 3 rings (SSSR count). The van der Waals surface area contributed by atoms with E-state index in [1.165, 1.54) is 14.2 Å². The number of nitrogens with one attached hydrogen (secondary N) is 1. The van der Waals surface area contributed by atoms with Crippen molar-refractivity contribution in [1.82, 2.24) is 10.2 Å². The Morgan fingerprint density at radius 3 is 2.40 bits per heavy atom. The summed E-state index contributed by atoms with van der Waals surface area (Å²) in [5.41, 5.74) is 1.27. The lowest BCUT2D eigenvalue weighted by Gasteiger charge is -2.13. The summed E-state index contributed by atoms with van der Waals surface area (Å²) >= 11 is 0.836. The second-order valence-corrected chi connectivity index (χ2v) is 8.38. The Morgan fingerprint density at radius 2 is 1.74 bits per heavy atom. The average Bonchev–Trinajstić information content (AvgIpc) is 3.14. The maximum Gasteiger partial charge on any atom is 0.293 e. The fourth-order valence-corrected chi connectivity index (χ4v) is 4.10. The van der Waals surface area contributed by atoms with Crippen LogP contribution in [0.15, 0.2) is 47.4 Å². The van der Waals surface area contributed by atoms with Gasteiger partial charge in [-0.3, -0.25) is 24.1 Å². The fourth-order valence-electron chi connectivity index (χ4n) is 3.23. The van der Waals surface area contributed by atoms with Crippen molar-refractivity contribution in [3.05, 3.63) is 58.5 Å². The number of carbonyl (C=O) groups is 4. The number of ether oxygens (including phenoxy) is 3. The standard InChI is InChI=1S/C25H26N2O7S/c1-4-19(28)17-6-8-18(9-7-17)34-15-23(29)26-11-12-27-24(30)22(35-25(27)31)14-16-5-10-20(32-2)21(13-16)33-3/h5-10,13-14H,4,11-12,15H2,1-3H3,(H,26,29). The highest BCUT2D eigenvalue weighted by molar-refractivity contribution is 8.18. The van der Waals surface area contributed by atoms with Crippen molar-refractivity contribution in [1.29, 1.82) is 0 Å². The van der Waals surface area contributed by atoms with E-state index in [2.05, 4.69) is 5.32 Å². The van der Waals surface area contributed by atoms with E-state index in [9.17, 15) is 19.2 Å². The molecule has 0 aromatic heterocycles. The number of rotatable bonds is 11. The number of nitrogens with zero attached hydrogens (tertiary/aromatic N) is 1. The van der Waals surface area contributed by atoms with Gasteiger partial charge in [0.15, 0.2) is 23.9 Å². The molecule has 0 spiro atoms. The molecule has 10 heteroatoms. The van der Waals surface area contributed by atoms with E-state index in [1.54, 1.807) is 55.5 Å². The van der Waals surface area contributed by atoms with Gasteiger partial charge in [0.2, 0.25) is 0 Å².